The Balaban J connectivity index is 2.11. The SMILES string of the molecule is CC1CCC(Nc2ncc(C(N)=O)c(NC(C)C)n2)CC1. The summed E-state index contributed by atoms with van der Waals surface area (Å²) in [5, 5.41) is 6.51. The number of nitrogens with zero attached hydrogens (tertiary/aromatic N) is 2. The van der Waals surface area contributed by atoms with E-state index >= 15 is 0 Å². The lowest BCUT2D eigenvalue weighted by atomic mass is 9.87. The number of nitrogens with one attached hydrogen (secondary N) is 2. The molecule has 0 spiro atoms. The van der Waals surface area contributed by atoms with Gasteiger partial charge in [0.05, 0.1) is 5.56 Å². The fraction of sp³-hybridized carbons (Fsp3) is 0.667. The molecule has 6 nitrogen and oxygen atoms in total. The molecule has 2 rings (SSSR count). The summed E-state index contributed by atoms with van der Waals surface area (Å²) in [5.74, 6) is 1.34. The van der Waals surface area contributed by atoms with Crippen LogP contribution in [-0.2, 0) is 0 Å². The van der Waals surface area contributed by atoms with E-state index in [4.69, 9.17) is 5.73 Å². The van der Waals surface area contributed by atoms with Crippen molar-refractivity contribution >= 4 is 17.7 Å². The van der Waals surface area contributed by atoms with Gasteiger partial charge in [0.1, 0.15) is 5.82 Å². The highest BCUT2D eigenvalue weighted by atomic mass is 16.1. The molecule has 1 aromatic rings. The molecular formula is C15H25N5O. The number of carbonyl (C=O) groups excluding carboxylic acids is 1. The first-order valence-electron chi connectivity index (χ1n) is 7.65. The summed E-state index contributed by atoms with van der Waals surface area (Å²) in [7, 11) is 0. The van der Waals surface area contributed by atoms with E-state index in [2.05, 4.69) is 27.5 Å². The molecule has 0 atom stereocenters. The Morgan fingerprint density at radius 1 is 1.33 bits per heavy atom. The molecule has 0 saturated heterocycles. The van der Waals surface area contributed by atoms with Crippen LogP contribution in [0.15, 0.2) is 6.20 Å². The average Bonchev–Trinajstić information content (AvgIpc) is 2.40. The first-order chi connectivity index (χ1) is 9.95. The van der Waals surface area contributed by atoms with Crippen LogP contribution in [0.1, 0.15) is 56.8 Å². The molecule has 21 heavy (non-hydrogen) atoms. The van der Waals surface area contributed by atoms with Crippen molar-refractivity contribution in [1.82, 2.24) is 9.97 Å². The number of rotatable bonds is 5. The quantitative estimate of drug-likeness (QED) is 0.774. The first kappa shape index (κ1) is 15.5. The van der Waals surface area contributed by atoms with Crippen LogP contribution in [0.25, 0.3) is 0 Å². The van der Waals surface area contributed by atoms with Crippen molar-refractivity contribution < 1.29 is 4.79 Å². The summed E-state index contributed by atoms with van der Waals surface area (Å²) in [4.78, 5) is 20.1. The second-order valence-electron chi connectivity index (χ2n) is 6.22. The van der Waals surface area contributed by atoms with Crippen molar-refractivity contribution in [2.45, 2.75) is 58.5 Å². The molecule has 0 aliphatic heterocycles. The molecule has 1 amide bonds. The predicted molar refractivity (Wildman–Crippen MR) is 84.4 cm³/mol. The molecule has 1 saturated carbocycles. The van der Waals surface area contributed by atoms with Gasteiger partial charge < -0.3 is 16.4 Å². The fourth-order valence-corrected chi connectivity index (χ4v) is 2.60. The van der Waals surface area contributed by atoms with E-state index in [9.17, 15) is 4.79 Å². The molecule has 0 unspecified atom stereocenters. The lowest BCUT2D eigenvalue weighted by Crippen LogP contribution is -2.27. The van der Waals surface area contributed by atoms with Gasteiger partial charge in [0, 0.05) is 18.3 Å². The van der Waals surface area contributed by atoms with E-state index in [1.165, 1.54) is 19.0 Å². The first-order valence-corrected chi connectivity index (χ1v) is 7.65. The largest absolute Gasteiger partial charge is 0.367 e. The van der Waals surface area contributed by atoms with E-state index in [0.29, 0.717) is 23.4 Å². The Hall–Kier alpha value is -1.85. The minimum absolute atomic E-state index is 0.168. The fourth-order valence-electron chi connectivity index (χ4n) is 2.60. The van der Waals surface area contributed by atoms with E-state index in [1.54, 1.807) is 0 Å². The molecule has 0 aromatic carbocycles. The standard InChI is InChI=1S/C15H25N5O/c1-9(2)18-14-12(13(16)21)8-17-15(20-14)19-11-6-4-10(3)5-7-11/h8-11H,4-7H2,1-3H3,(H2,16,21)(H2,17,18,19,20). The second-order valence-corrected chi connectivity index (χ2v) is 6.22. The maximum Gasteiger partial charge on any atom is 0.254 e. The Morgan fingerprint density at radius 2 is 2.00 bits per heavy atom. The third-order valence-electron chi connectivity index (χ3n) is 3.83. The molecule has 0 bridgehead atoms. The van der Waals surface area contributed by atoms with Gasteiger partial charge in [-0.1, -0.05) is 6.92 Å². The van der Waals surface area contributed by atoms with Crippen LogP contribution in [-0.4, -0.2) is 28.0 Å². The van der Waals surface area contributed by atoms with Crippen molar-refractivity contribution in [2.24, 2.45) is 11.7 Å². The van der Waals surface area contributed by atoms with E-state index in [1.807, 2.05) is 13.8 Å². The van der Waals surface area contributed by atoms with Crippen LogP contribution >= 0.6 is 0 Å². The maximum atomic E-state index is 11.4. The molecular weight excluding hydrogens is 266 g/mol. The molecule has 1 aromatic heterocycles. The van der Waals surface area contributed by atoms with E-state index < -0.39 is 5.91 Å². The van der Waals surface area contributed by atoms with Crippen molar-refractivity contribution in [1.29, 1.82) is 0 Å². The smallest absolute Gasteiger partial charge is 0.254 e. The summed E-state index contributed by atoms with van der Waals surface area (Å²) >= 11 is 0. The minimum Gasteiger partial charge on any atom is -0.367 e. The molecule has 0 radical (unpaired) electrons. The number of nitrogens with two attached hydrogens (primary N) is 1. The zero-order chi connectivity index (χ0) is 15.4. The lowest BCUT2D eigenvalue weighted by Gasteiger charge is -2.27. The van der Waals surface area contributed by atoms with Gasteiger partial charge in [-0.05, 0) is 45.4 Å². The second kappa shape index (κ2) is 6.74. The van der Waals surface area contributed by atoms with Crippen LogP contribution in [0.3, 0.4) is 0 Å². The molecule has 1 fully saturated rings. The lowest BCUT2D eigenvalue weighted by molar-refractivity contribution is 0.100. The van der Waals surface area contributed by atoms with E-state index in [0.717, 1.165) is 18.8 Å². The topological polar surface area (TPSA) is 92.9 Å². The highest BCUT2D eigenvalue weighted by molar-refractivity contribution is 5.97. The monoisotopic (exact) mass is 291 g/mol. The van der Waals surface area contributed by atoms with Crippen LogP contribution in [0.2, 0.25) is 0 Å². The Morgan fingerprint density at radius 3 is 2.57 bits per heavy atom. The van der Waals surface area contributed by atoms with Crippen molar-refractivity contribution in [3.05, 3.63) is 11.8 Å². The number of primary amides is 1. The molecule has 116 valence electrons. The van der Waals surface area contributed by atoms with Crippen LogP contribution in [0.4, 0.5) is 11.8 Å². The summed E-state index contributed by atoms with van der Waals surface area (Å²) in [6, 6.07) is 0.578. The Labute approximate surface area is 125 Å². The maximum absolute atomic E-state index is 11.4. The number of hydrogen-bond donors (Lipinski definition) is 3. The van der Waals surface area contributed by atoms with Gasteiger partial charge in [-0.25, -0.2) is 4.98 Å². The number of hydrogen-bond acceptors (Lipinski definition) is 5. The number of aromatic nitrogens is 2. The summed E-state index contributed by atoms with van der Waals surface area (Å²) in [6.07, 6.45) is 6.22. The van der Waals surface area contributed by atoms with Crippen molar-refractivity contribution in [3.8, 4) is 0 Å². The van der Waals surface area contributed by atoms with E-state index in [-0.39, 0.29) is 6.04 Å². The van der Waals surface area contributed by atoms with Gasteiger partial charge >= 0.3 is 0 Å². The summed E-state index contributed by atoms with van der Waals surface area (Å²) < 4.78 is 0. The summed E-state index contributed by atoms with van der Waals surface area (Å²) in [6.45, 7) is 6.27. The third kappa shape index (κ3) is 4.31. The normalized spacial score (nSPS) is 22.1. The molecule has 1 aliphatic carbocycles. The van der Waals surface area contributed by atoms with Crippen LogP contribution < -0.4 is 16.4 Å². The average molecular weight is 291 g/mol. The highest BCUT2D eigenvalue weighted by Crippen LogP contribution is 2.25. The van der Waals surface area contributed by atoms with Crippen LogP contribution in [0.5, 0.6) is 0 Å². The summed E-state index contributed by atoms with van der Waals surface area (Å²) in [5.41, 5.74) is 5.69. The minimum atomic E-state index is -0.517. The van der Waals surface area contributed by atoms with Gasteiger partial charge in [-0.15, -0.1) is 0 Å². The molecule has 6 heteroatoms. The van der Waals surface area contributed by atoms with Gasteiger partial charge in [0.15, 0.2) is 0 Å². The van der Waals surface area contributed by atoms with Gasteiger partial charge in [0.25, 0.3) is 5.91 Å². The number of amides is 1. The highest BCUT2D eigenvalue weighted by Gasteiger charge is 2.20. The van der Waals surface area contributed by atoms with Gasteiger partial charge in [-0.3, -0.25) is 4.79 Å². The Kier molecular flexibility index (Phi) is 4.98. The molecule has 1 aliphatic rings. The van der Waals surface area contributed by atoms with Crippen molar-refractivity contribution in [2.75, 3.05) is 10.6 Å². The van der Waals surface area contributed by atoms with Crippen molar-refractivity contribution in [3.63, 3.8) is 0 Å². The van der Waals surface area contributed by atoms with Gasteiger partial charge in [0.2, 0.25) is 5.95 Å². The zero-order valence-corrected chi connectivity index (χ0v) is 13.0. The zero-order valence-electron chi connectivity index (χ0n) is 13.0. The number of anilines is 2. The molecule has 1 heterocycles. The Bertz CT molecular complexity index is 495. The van der Waals surface area contributed by atoms with Crippen LogP contribution in [0, 0.1) is 5.92 Å². The number of carbonyl (C=O) groups is 1. The predicted octanol–water partition coefficient (Wildman–Crippen LogP) is 2.39. The third-order valence-corrected chi connectivity index (χ3v) is 3.83. The molecule has 4 N–H and O–H groups in total. The van der Waals surface area contributed by atoms with Gasteiger partial charge in [-0.2, -0.15) is 4.98 Å².